The van der Waals surface area contributed by atoms with Crippen molar-refractivity contribution < 1.29 is 4.74 Å². The maximum Gasteiger partial charge on any atom is 0.191 e. The number of guanidine groups is 1. The van der Waals surface area contributed by atoms with Crippen LogP contribution in [0, 0.1) is 0 Å². The first-order valence-electron chi connectivity index (χ1n) is 7.84. The van der Waals surface area contributed by atoms with Gasteiger partial charge in [0.2, 0.25) is 0 Å². The Morgan fingerprint density at radius 2 is 2.13 bits per heavy atom. The fourth-order valence-electron chi connectivity index (χ4n) is 2.26. The Morgan fingerprint density at radius 3 is 2.78 bits per heavy atom. The summed E-state index contributed by atoms with van der Waals surface area (Å²) in [4.78, 5) is 8.32. The summed E-state index contributed by atoms with van der Waals surface area (Å²) in [5.74, 6) is 0.887. The van der Waals surface area contributed by atoms with E-state index in [0.717, 1.165) is 69.2 Å². The van der Waals surface area contributed by atoms with Gasteiger partial charge in [0.1, 0.15) is 0 Å². The van der Waals surface area contributed by atoms with Gasteiger partial charge in [-0.1, -0.05) is 11.6 Å². The van der Waals surface area contributed by atoms with Crippen LogP contribution in [0.3, 0.4) is 0 Å². The van der Waals surface area contributed by atoms with Crippen LogP contribution >= 0.6 is 46.9 Å². The number of nitrogens with zero attached hydrogens (tertiary/aromatic N) is 2. The van der Waals surface area contributed by atoms with Crippen LogP contribution in [0.5, 0.6) is 0 Å². The number of ether oxygens (including phenoxy) is 1. The standard InChI is InChI=1S/C15H25ClN4OS.HI/c1-2-17-15(18-6-5-13-3-4-14(16)22-13)19-7-8-20-9-11-21-12-10-20;/h3-4H,2,5-12H2,1H3,(H2,17,18,19);1H. The second kappa shape index (κ2) is 12.3. The molecule has 1 aromatic heterocycles. The number of morpholine rings is 1. The summed E-state index contributed by atoms with van der Waals surface area (Å²) in [7, 11) is 0. The second-order valence-corrected chi connectivity index (χ2v) is 6.90. The third-order valence-corrected chi connectivity index (χ3v) is 4.72. The molecule has 132 valence electrons. The summed E-state index contributed by atoms with van der Waals surface area (Å²) in [5.41, 5.74) is 0. The molecule has 0 amide bonds. The van der Waals surface area contributed by atoms with E-state index in [9.17, 15) is 0 Å². The highest BCUT2D eigenvalue weighted by atomic mass is 127. The van der Waals surface area contributed by atoms with Crippen molar-refractivity contribution in [2.24, 2.45) is 4.99 Å². The highest BCUT2D eigenvalue weighted by Gasteiger charge is 2.09. The average molecular weight is 473 g/mol. The van der Waals surface area contributed by atoms with Crippen molar-refractivity contribution in [2.75, 3.05) is 52.5 Å². The molecule has 0 spiro atoms. The SMILES string of the molecule is CCNC(=NCCN1CCOCC1)NCCc1ccc(Cl)s1.I. The molecular formula is C15H26ClIN4OS. The second-order valence-electron chi connectivity index (χ2n) is 5.10. The molecule has 0 aliphatic carbocycles. The van der Waals surface area contributed by atoms with Gasteiger partial charge in [-0.15, -0.1) is 35.3 Å². The molecule has 8 heteroatoms. The Balaban J connectivity index is 0.00000264. The minimum absolute atomic E-state index is 0. The van der Waals surface area contributed by atoms with E-state index in [4.69, 9.17) is 16.3 Å². The molecular weight excluding hydrogens is 447 g/mol. The van der Waals surface area contributed by atoms with E-state index in [0.29, 0.717) is 0 Å². The lowest BCUT2D eigenvalue weighted by Crippen LogP contribution is -2.40. The monoisotopic (exact) mass is 472 g/mol. The first-order valence-corrected chi connectivity index (χ1v) is 9.04. The lowest BCUT2D eigenvalue weighted by atomic mass is 10.3. The molecule has 2 N–H and O–H groups in total. The quantitative estimate of drug-likeness (QED) is 0.364. The molecule has 1 aliphatic heterocycles. The van der Waals surface area contributed by atoms with Crippen LogP contribution in [0.1, 0.15) is 11.8 Å². The summed E-state index contributed by atoms with van der Waals surface area (Å²) in [6.07, 6.45) is 0.964. The number of thiophene rings is 1. The smallest absolute Gasteiger partial charge is 0.191 e. The zero-order valence-electron chi connectivity index (χ0n) is 13.5. The summed E-state index contributed by atoms with van der Waals surface area (Å²) < 4.78 is 6.20. The fraction of sp³-hybridized carbons (Fsp3) is 0.667. The molecule has 0 unspecified atom stereocenters. The van der Waals surface area contributed by atoms with Gasteiger partial charge in [-0.25, -0.2) is 0 Å². The first-order chi connectivity index (χ1) is 10.8. The number of halogens is 2. The zero-order valence-corrected chi connectivity index (χ0v) is 17.4. The van der Waals surface area contributed by atoms with Gasteiger partial charge in [0, 0.05) is 37.6 Å². The first kappa shape index (κ1) is 21.0. The van der Waals surface area contributed by atoms with Crippen LogP contribution < -0.4 is 10.6 Å². The van der Waals surface area contributed by atoms with Crippen LogP contribution in [0.2, 0.25) is 4.34 Å². The molecule has 0 aromatic carbocycles. The summed E-state index contributed by atoms with van der Waals surface area (Å²) in [5, 5.41) is 6.66. The van der Waals surface area contributed by atoms with Gasteiger partial charge >= 0.3 is 0 Å². The van der Waals surface area contributed by atoms with Crippen molar-refractivity contribution >= 4 is 52.9 Å². The minimum Gasteiger partial charge on any atom is -0.379 e. The fourth-order valence-corrected chi connectivity index (χ4v) is 3.35. The molecule has 0 radical (unpaired) electrons. The molecule has 2 rings (SSSR count). The van der Waals surface area contributed by atoms with Gasteiger partial charge in [0.05, 0.1) is 24.1 Å². The van der Waals surface area contributed by atoms with Crippen LogP contribution in [0.25, 0.3) is 0 Å². The lowest BCUT2D eigenvalue weighted by molar-refractivity contribution is 0.0394. The van der Waals surface area contributed by atoms with Gasteiger partial charge < -0.3 is 15.4 Å². The Bertz CT molecular complexity index is 466. The molecule has 1 saturated heterocycles. The van der Waals surface area contributed by atoms with E-state index in [1.807, 2.05) is 6.07 Å². The third kappa shape index (κ3) is 8.53. The maximum atomic E-state index is 5.94. The summed E-state index contributed by atoms with van der Waals surface area (Å²) >= 11 is 7.58. The number of hydrogen-bond donors (Lipinski definition) is 2. The van der Waals surface area contributed by atoms with Crippen LogP contribution in [-0.4, -0.2) is 63.3 Å². The molecule has 0 atom stereocenters. The summed E-state index contributed by atoms with van der Waals surface area (Å²) in [6.45, 7) is 9.31. The minimum atomic E-state index is 0. The Kier molecular flexibility index (Phi) is 11.2. The maximum absolute atomic E-state index is 5.94. The molecule has 1 aromatic rings. The normalized spacial score (nSPS) is 16.0. The van der Waals surface area contributed by atoms with Gasteiger partial charge in [0.15, 0.2) is 5.96 Å². The van der Waals surface area contributed by atoms with Crippen molar-refractivity contribution in [3.05, 3.63) is 21.3 Å². The molecule has 23 heavy (non-hydrogen) atoms. The summed E-state index contributed by atoms with van der Waals surface area (Å²) in [6, 6.07) is 4.03. The number of rotatable bonds is 7. The van der Waals surface area contributed by atoms with Crippen molar-refractivity contribution in [2.45, 2.75) is 13.3 Å². The Labute approximate surface area is 164 Å². The van der Waals surface area contributed by atoms with Gasteiger partial charge in [-0.3, -0.25) is 9.89 Å². The molecule has 0 bridgehead atoms. The third-order valence-electron chi connectivity index (χ3n) is 3.43. The number of hydrogen-bond acceptors (Lipinski definition) is 4. The van der Waals surface area contributed by atoms with Crippen molar-refractivity contribution in [1.29, 1.82) is 0 Å². The van der Waals surface area contributed by atoms with Crippen molar-refractivity contribution in [1.82, 2.24) is 15.5 Å². The lowest BCUT2D eigenvalue weighted by Gasteiger charge is -2.25. The van der Waals surface area contributed by atoms with Crippen molar-refractivity contribution in [3.8, 4) is 0 Å². The van der Waals surface area contributed by atoms with Crippen molar-refractivity contribution in [3.63, 3.8) is 0 Å². The van der Waals surface area contributed by atoms with Crippen LogP contribution in [0.15, 0.2) is 17.1 Å². The Morgan fingerprint density at radius 1 is 1.35 bits per heavy atom. The molecule has 0 saturated carbocycles. The van der Waals surface area contributed by atoms with E-state index < -0.39 is 0 Å². The average Bonchev–Trinajstić information content (AvgIpc) is 2.94. The molecule has 1 aliphatic rings. The predicted octanol–water partition coefficient (Wildman–Crippen LogP) is 2.45. The van der Waals surface area contributed by atoms with E-state index in [1.165, 1.54) is 4.88 Å². The Hall–Kier alpha value is -0.0900. The van der Waals surface area contributed by atoms with Gasteiger partial charge in [-0.05, 0) is 25.5 Å². The van der Waals surface area contributed by atoms with E-state index >= 15 is 0 Å². The van der Waals surface area contributed by atoms with E-state index in [-0.39, 0.29) is 24.0 Å². The van der Waals surface area contributed by atoms with Gasteiger partial charge in [-0.2, -0.15) is 0 Å². The molecule has 2 heterocycles. The highest BCUT2D eigenvalue weighted by Crippen LogP contribution is 2.21. The highest BCUT2D eigenvalue weighted by molar-refractivity contribution is 14.0. The topological polar surface area (TPSA) is 48.9 Å². The van der Waals surface area contributed by atoms with Crippen LogP contribution in [0.4, 0.5) is 0 Å². The largest absolute Gasteiger partial charge is 0.379 e. The molecule has 1 fully saturated rings. The zero-order chi connectivity index (χ0) is 15.6. The van der Waals surface area contributed by atoms with E-state index in [2.05, 4.69) is 33.5 Å². The van der Waals surface area contributed by atoms with E-state index in [1.54, 1.807) is 11.3 Å². The molecule has 5 nitrogen and oxygen atoms in total. The van der Waals surface area contributed by atoms with Crippen LogP contribution in [-0.2, 0) is 11.2 Å². The van der Waals surface area contributed by atoms with Gasteiger partial charge in [0.25, 0.3) is 0 Å². The number of aliphatic imine (C=N–C) groups is 1. The predicted molar refractivity (Wildman–Crippen MR) is 110 cm³/mol. The number of nitrogens with one attached hydrogen (secondary N) is 2.